The van der Waals surface area contributed by atoms with Crippen molar-refractivity contribution < 1.29 is 14.3 Å². The zero-order valence-electron chi connectivity index (χ0n) is 14.4. The van der Waals surface area contributed by atoms with Crippen LogP contribution in [0.1, 0.15) is 33.2 Å². The molecule has 6 nitrogen and oxygen atoms in total. The van der Waals surface area contributed by atoms with Crippen molar-refractivity contribution in [2.24, 2.45) is 0 Å². The highest BCUT2D eigenvalue weighted by molar-refractivity contribution is 6.04. The van der Waals surface area contributed by atoms with E-state index in [0.29, 0.717) is 30.0 Å². The number of rotatable bonds is 6. The Hall–Kier alpha value is -3.41. The molecule has 1 N–H and O–H groups in total. The maximum atomic E-state index is 12.3. The number of anilines is 1. The van der Waals surface area contributed by atoms with Gasteiger partial charge >= 0.3 is 5.97 Å². The molecule has 0 atom stereocenters. The third kappa shape index (κ3) is 4.36. The van der Waals surface area contributed by atoms with Crippen molar-refractivity contribution in [3.8, 4) is 0 Å². The number of aromatic nitrogens is 2. The summed E-state index contributed by atoms with van der Waals surface area (Å²) in [5.41, 5.74) is 2.71. The number of ether oxygens (including phenoxy) is 1. The lowest BCUT2D eigenvalue weighted by molar-refractivity contribution is 0.0526. The van der Waals surface area contributed by atoms with Crippen molar-refractivity contribution in [1.82, 2.24) is 9.55 Å². The molecule has 132 valence electrons. The van der Waals surface area contributed by atoms with Crippen LogP contribution in [-0.4, -0.2) is 28.0 Å². The molecule has 3 aromatic rings. The Kier molecular flexibility index (Phi) is 5.43. The highest BCUT2D eigenvalue weighted by Crippen LogP contribution is 2.13. The fourth-order valence-corrected chi connectivity index (χ4v) is 2.46. The van der Waals surface area contributed by atoms with Crippen LogP contribution in [0.2, 0.25) is 0 Å². The van der Waals surface area contributed by atoms with Crippen molar-refractivity contribution in [1.29, 1.82) is 0 Å². The molecule has 0 radical (unpaired) electrons. The minimum Gasteiger partial charge on any atom is -0.462 e. The average molecular weight is 349 g/mol. The van der Waals surface area contributed by atoms with Crippen molar-refractivity contribution in [3.05, 3.63) is 83.9 Å². The van der Waals surface area contributed by atoms with Gasteiger partial charge in [-0.1, -0.05) is 12.1 Å². The first-order valence-corrected chi connectivity index (χ1v) is 8.29. The lowest BCUT2D eigenvalue weighted by Gasteiger charge is -2.08. The van der Waals surface area contributed by atoms with Crippen LogP contribution in [0.25, 0.3) is 0 Å². The summed E-state index contributed by atoms with van der Waals surface area (Å²) in [5.74, 6) is -0.582. The van der Waals surface area contributed by atoms with E-state index in [1.165, 1.54) is 0 Å². The van der Waals surface area contributed by atoms with Gasteiger partial charge in [0, 0.05) is 30.2 Å². The molecule has 1 aromatic heterocycles. The topological polar surface area (TPSA) is 73.2 Å². The number of hydrogen-bond acceptors (Lipinski definition) is 4. The van der Waals surface area contributed by atoms with E-state index in [1.54, 1.807) is 55.8 Å². The highest BCUT2D eigenvalue weighted by atomic mass is 16.5. The van der Waals surface area contributed by atoms with E-state index in [0.717, 1.165) is 5.56 Å². The standard InChI is InChI=1S/C20H19N3O3/c1-2-26-20(25)17-7-9-18(10-8-17)22-19(24)16-5-3-15(4-6-16)13-23-12-11-21-14-23/h3-12,14H,2,13H2,1H3,(H,22,24). The monoisotopic (exact) mass is 349 g/mol. The fourth-order valence-electron chi connectivity index (χ4n) is 2.46. The molecule has 0 saturated heterocycles. The smallest absolute Gasteiger partial charge is 0.338 e. The van der Waals surface area contributed by atoms with Gasteiger partial charge in [0.1, 0.15) is 0 Å². The van der Waals surface area contributed by atoms with Crippen LogP contribution in [0.5, 0.6) is 0 Å². The Morgan fingerprint density at radius 3 is 2.35 bits per heavy atom. The molecule has 0 aliphatic rings. The summed E-state index contributed by atoms with van der Waals surface area (Å²) in [6.45, 7) is 2.79. The van der Waals surface area contributed by atoms with Gasteiger partial charge in [0.2, 0.25) is 0 Å². The fraction of sp³-hybridized carbons (Fsp3) is 0.150. The van der Waals surface area contributed by atoms with Crippen LogP contribution in [0.3, 0.4) is 0 Å². The van der Waals surface area contributed by atoms with Crippen LogP contribution in [0, 0.1) is 0 Å². The van der Waals surface area contributed by atoms with Crippen molar-refractivity contribution in [2.75, 3.05) is 11.9 Å². The first-order chi connectivity index (χ1) is 12.7. The third-order valence-electron chi connectivity index (χ3n) is 3.79. The minimum absolute atomic E-state index is 0.205. The largest absolute Gasteiger partial charge is 0.462 e. The van der Waals surface area contributed by atoms with Crippen LogP contribution in [-0.2, 0) is 11.3 Å². The Labute approximate surface area is 151 Å². The number of nitrogens with one attached hydrogen (secondary N) is 1. The second kappa shape index (κ2) is 8.11. The molecular formula is C20H19N3O3. The minimum atomic E-state index is -0.376. The Morgan fingerprint density at radius 2 is 1.73 bits per heavy atom. The number of nitrogens with zero attached hydrogens (tertiary/aromatic N) is 2. The summed E-state index contributed by atoms with van der Waals surface area (Å²) < 4.78 is 6.89. The van der Waals surface area contributed by atoms with Gasteiger partial charge in [0.05, 0.1) is 18.5 Å². The van der Waals surface area contributed by atoms with Gasteiger partial charge in [-0.3, -0.25) is 4.79 Å². The normalized spacial score (nSPS) is 10.3. The van der Waals surface area contributed by atoms with Gasteiger partial charge in [-0.05, 0) is 48.9 Å². The summed E-state index contributed by atoms with van der Waals surface area (Å²) >= 11 is 0. The van der Waals surface area contributed by atoms with E-state index in [2.05, 4.69) is 10.3 Å². The summed E-state index contributed by atoms with van der Waals surface area (Å²) in [4.78, 5) is 28.0. The zero-order chi connectivity index (χ0) is 18.4. The van der Waals surface area contributed by atoms with E-state index in [1.807, 2.05) is 22.9 Å². The number of imidazole rings is 1. The van der Waals surface area contributed by atoms with Gasteiger partial charge in [-0.25, -0.2) is 9.78 Å². The molecule has 1 heterocycles. The average Bonchev–Trinajstić information content (AvgIpc) is 3.16. The zero-order valence-corrected chi connectivity index (χ0v) is 14.4. The molecule has 6 heteroatoms. The SMILES string of the molecule is CCOC(=O)c1ccc(NC(=O)c2ccc(Cn3ccnc3)cc2)cc1. The van der Waals surface area contributed by atoms with E-state index in [4.69, 9.17) is 4.74 Å². The van der Waals surface area contributed by atoms with Crippen molar-refractivity contribution in [3.63, 3.8) is 0 Å². The van der Waals surface area contributed by atoms with Gasteiger partial charge < -0.3 is 14.6 Å². The molecule has 3 rings (SSSR count). The lowest BCUT2D eigenvalue weighted by atomic mass is 10.1. The maximum absolute atomic E-state index is 12.3. The molecule has 0 fully saturated rings. The Morgan fingerprint density at radius 1 is 1.04 bits per heavy atom. The number of carbonyl (C=O) groups excluding carboxylic acids is 2. The highest BCUT2D eigenvalue weighted by Gasteiger charge is 2.09. The number of benzene rings is 2. The second-order valence-corrected chi connectivity index (χ2v) is 5.68. The summed E-state index contributed by atoms with van der Waals surface area (Å²) in [6, 6.07) is 14.0. The molecule has 26 heavy (non-hydrogen) atoms. The first kappa shape index (κ1) is 17.4. The first-order valence-electron chi connectivity index (χ1n) is 8.29. The molecule has 0 bridgehead atoms. The van der Waals surface area contributed by atoms with Gasteiger partial charge in [0.25, 0.3) is 5.91 Å². The number of carbonyl (C=O) groups is 2. The molecule has 0 unspecified atom stereocenters. The van der Waals surface area contributed by atoms with Crippen LogP contribution >= 0.6 is 0 Å². The summed E-state index contributed by atoms with van der Waals surface area (Å²) in [6.07, 6.45) is 5.37. The second-order valence-electron chi connectivity index (χ2n) is 5.68. The summed E-state index contributed by atoms with van der Waals surface area (Å²) in [5, 5.41) is 2.82. The van der Waals surface area contributed by atoms with E-state index < -0.39 is 0 Å². The van der Waals surface area contributed by atoms with Crippen molar-refractivity contribution >= 4 is 17.6 Å². The number of esters is 1. The van der Waals surface area contributed by atoms with E-state index >= 15 is 0 Å². The maximum Gasteiger partial charge on any atom is 0.338 e. The predicted octanol–water partition coefficient (Wildman–Crippen LogP) is 3.36. The molecule has 0 aliphatic carbocycles. The molecule has 1 amide bonds. The molecule has 0 spiro atoms. The van der Waals surface area contributed by atoms with E-state index in [9.17, 15) is 9.59 Å². The van der Waals surface area contributed by atoms with Crippen LogP contribution in [0.4, 0.5) is 5.69 Å². The molecular weight excluding hydrogens is 330 g/mol. The van der Waals surface area contributed by atoms with Gasteiger partial charge in [-0.2, -0.15) is 0 Å². The van der Waals surface area contributed by atoms with Crippen molar-refractivity contribution in [2.45, 2.75) is 13.5 Å². The van der Waals surface area contributed by atoms with Crippen LogP contribution in [0.15, 0.2) is 67.3 Å². The van der Waals surface area contributed by atoms with Gasteiger partial charge in [0.15, 0.2) is 0 Å². The Bertz CT molecular complexity index is 870. The lowest BCUT2D eigenvalue weighted by Crippen LogP contribution is -2.12. The predicted molar refractivity (Wildman–Crippen MR) is 98.1 cm³/mol. The molecule has 0 saturated carbocycles. The number of amides is 1. The van der Waals surface area contributed by atoms with Gasteiger partial charge in [-0.15, -0.1) is 0 Å². The van der Waals surface area contributed by atoms with E-state index in [-0.39, 0.29) is 11.9 Å². The number of hydrogen-bond donors (Lipinski definition) is 1. The van der Waals surface area contributed by atoms with Crippen LogP contribution < -0.4 is 5.32 Å². The quantitative estimate of drug-likeness (QED) is 0.693. The summed E-state index contributed by atoms with van der Waals surface area (Å²) in [7, 11) is 0. The molecule has 2 aromatic carbocycles. The molecule has 0 aliphatic heterocycles. The third-order valence-corrected chi connectivity index (χ3v) is 3.79. The Balaban J connectivity index is 1.61.